The zero-order valence-electron chi connectivity index (χ0n) is 21.5. The molecule has 2 heteroatoms. The van der Waals surface area contributed by atoms with Gasteiger partial charge in [-0.3, -0.25) is 0 Å². The molecule has 2 nitrogen and oxygen atoms in total. The highest BCUT2D eigenvalue weighted by Crippen LogP contribution is 2.51. The molecule has 0 fully saturated rings. The number of methoxy groups -OCH3 is 2. The first kappa shape index (κ1) is 25.1. The molecule has 0 aliphatic heterocycles. The highest BCUT2D eigenvalue weighted by Gasteiger charge is 2.34. The minimum absolute atomic E-state index is 0.371. The molecule has 0 radical (unpaired) electrons. The monoisotopic (exact) mass is 446 g/mol. The summed E-state index contributed by atoms with van der Waals surface area (Å²) in [5.41, 5.74) is 8.71. The Labute approximate surface area is 201 Å². The van der Waals surface area contributed by atoms with Crippen LogP contribution in [-0.2, 0) is 6.42 Å². The summed E-state index contributed by atoms with van der Waals surface area (Å²) < 4.78 is 11.6. The average molecular weight is 447 g/mol. The van der Waals surface area contributed by atoms with Gasteiger partial charge in [0.25, 0.3) is 0 Å². The van der Waals surface area contributed by atoms with Crippen molar-refractivity contribution < 1.29 is 9.47 Å². The van der Waals surface area contributed by atoms with Crippen LogP contribution in [-0.4, -0.2) is 14.2 Å². The zero-order chi connectivity index (χ0) is 23.8. The van der Waals surface area contributed by atoms with E-state index in [1.54, 1.807) is 25.4 Å². The maximum atomic E-state index is 5.89. The van der Waals surface area contributed by atoms with Crippen molar-refractivity contribution in [1.82, 2.24) is 0 Å². The number of hydrogen-bond acceptors (Lipinski definition) is 2. The quantitative estimate of drug-likeness (QED) is 0.343. The molecule has 0 spiro atoms. The molecule has 2 unspecified atom stereocenters. The molecule has 178 valence electrons. The van der Waals surface area contributed by atoms with Crippen molar-refractivity contribution in [3.63, 3.8) is 0 Å². The Morgan fingerprint density at radius 1 is 0.788 bits per heavy atom. The van der Waals surface area contributed by atoms with Crippen molar-refractivity contribution >= 4 is 5.57 Å². The minimum atomic E-state index is 0.371. The fourth-order valence-corrected chi connectivity index (χ4v) is 5.73. The molecule has 0 amide bonds. The third-order valence-electron chi connectivity index (χ3n) is 6.96. The van der Waals surface area contributed by atoms with Gasteiger partial charge in [-0.1, -0.05) is 95.0 Å². The molecule has 0 N–H and O–H groups in total. The van der Waals surface area contributed by atoms with Crippen LogP contribution in [0.5, 0.6) is 11.5 Å². The van der Waals surface area contributed by atoms with Crippen molar-refractivity contribution in [1.29, 1.82) is 0 Å². The smallest absolute Gasteiger partial charge is 0.164 e. The number of rotatable bonds is 11. The first-order valence-corrected chi connectivity index (χ1v) is 12.9. The molecule has 0 heterocycles. The summed E-state index contributed by atoms with van der Waals surface area (Å²) in [6, 6.07) is 15.5. The van der Waals surface area contributed by atoms with E-state index in [4.69, 9.17) is 9.47 Å². The first-order valence-electron chi connectivity index (χ1n) is 12.9. The lowest BCUT2D eigenvalue weighted by Gasteiger charge is -2.37. The van der Waals surface area contributed by atoms with Gasteiger partial charge in [-0.25, -0.2) is 0 Å². The van der Waals surface area contributed by atoms with Crippen LogP contribution >= 0.6 is 0 Å². The summed E-state index contributed by atoms with van der Waals surface area (Å²) in [4.78, 5) is 0. The summed E-state index contributed by atoms with van der Waals surface area (Å²) in [7, 11) is 3.50. The van der Waals surface area contributed by atoms with Gasteiger partial charge >= 0.3 is 0 Å². The second-order valence-corrected chi connectivity index (χ2v) is 9.11. The number of benzene rings is 2. The maximum absolute atomic E-state index is 5.89. The Bertz CT molecular complexity index is 968. The third kappa shape index (κ3) is 5.21. The average Bonchev–Trinajstić information content (AvgIpc) is 2.84. The molecule has 1 aliphatic rings. The van der Waals surface area contributed by atoms with E-state index in [1.807, 2.05) is 0 Å². The van der Waals surface area contributed by atoms with Crippen LogP contribution in [0.15, 0.2) is 59.7 Å². The van der Waals surface area contributed by atoms with Gasteiger partial charge in [-0.15, -0.1) is 0 Å². The van der Waals surface area contributed by atoms with Gasteiger partial charge in [0.2, 0.25) is 0 Å². The summed E-state index contributed by atoms with van der Waals surface area (Å²) in [5.74, 6) is 2.60. The van der Waals surface area contributed by atoms with Gasteiger partial charge in [0, 0.05) is 11.5 Å². The zero-order valence-corrected chi connectivity index (χ0v) is 21.5. The van der Waals surface area contributed by atoms with E-state index in [-0.39, 0.29) is 0 Å². The van der Waals surface area contributed by atoms with Gasteiger partial charge in [0.1, 0.15) is 0 Å². The van der Waals surface area contributed by atoms with Crippen molar-refractivity contribution in [3.8, 4) is 11.5 Å². The topological polar surface area (TPSA) is 18.5 Å². The molecule has 1 aliphatic carbocycles. The van der Waals surface area contributed by atoms with Crippen LogP contribution in [0.25, 0.3) is 5.57 Å². The van der Waals surface area contributed by atoms with E-state index in [9.17, 15) is 0 Å². The van der Waals surface area contributed by atoms with E-state index in [2.05, 4.69) is 76.2 Å². The summed E-state index contributed by atoms with van der Waals surface area (Å²) in [6.07, 6.45) is 10.5. The van der Waals surface area contributed by atoms with Crippen molar-refractivity contribution in [2.45, 2.75) is 78.6 Å². The Kier molecular flexibility index (Phi) is 9.23. The van der Waals surface area contributed by atoms with Crippen LogP contribution in [0.2, 0.25) is 0 Å². The molecule has 0 bridgehead atoms. The van der Waals surface area contributed by atoms with Gasteiger partial charge in [0.05, 0.1) is 14.2 Å². The molecule has 2 atom stereocenters. The largest absolute Gasteiger partial charge is 0.493 e. The predicted octanol–water partition coefficient (Wildman–Crippen LogP) is 8.76. The van der Waals surface area contributed by atoms with E-state index in [0.717, 1.165) is 37.2 Å². The fourth-order valence-electron chi connectivity index (χ4n) is 5.73. The lowest BCUT2D eigenvalue weighted by molar-refractivity contribution is 0.350. The molecule has 2 aromatic carbocycles. The van der Waals surface area contributed by atoms with E-state index >= 15 is 0 Å². The first-order chi connectivity index (χ1) is 16.1. The summed E-state index contributed by atoms with van der Waals surface area (Å²) in [5, 5.41) is 0. The Hall–Kier alpha value is -2.48. The minimum Gasteiger partial charge on any atom is -0.493 e. The number of ether oxygens (including phenoxy) is 2. The molecule has 0 saturated heterocycles. The second-order valence-electron chi connectivity index (χ2n) is 9.11. The van der Waals surface area contributed by atoms with Crippen LogP contribution < -0.4 is 9.47 Å². The molecule has 0 saturated carbocycles. The molecule has 3 rings (SSSR count). The third-order valence-corrected chi connectivity index (χ3v) is 6.96. The molecule has 33 heavy (non-hydrogen) atoms. The normalized spacial score (nSPS) is 18.3. The van der Waals surface area contributed by atoms with Crippen molar-refractivity contribution in [2.75, 3.05) is 14.2 Å². The van der Waals surface area contributed by atoms with Crippen LogP contribution in [0.3, 0.4) is 0 Å². The lowest BCUT2D eigenvalue weighted by Crippen LogP contribution is -2.22. The van der Waals surface area contributed by atoms with Crippen molar-refractivity contribution in [2.24, 2.45) is 5.92 Å². The molecular formula is C31H42O2. The fraction of sp³-hybridized carbons (Fsp3) is 0.484. The van der Waals surface area contributed by atoms with Gasteiger partial charge < -0.3 is 9.47 Å². The molecule has 0 aromatic heterocycles. The number of hydrogen-bond donors (Lipinski definition) is 0. The number of allylic oxidation sites excluding steroid dienone is 4. The SMILES string of the molecule is CCCC1=CC(CCC)C(c2ccc(OC)c(OC)c2CC)C(CCC)=C1c1ccccc1. The van der Waals surface area contributed by atoms with E-state index in [1.165, 1.54) is 41.5 Å². The van der Waals surface area contributed by atoms with Crippen molar-refractivity contribution in [3.05, 3.63) is 76.4 Å². The van der Waals surface area contributed by atoms with Crippen LogP contribution in [0.4, 0.5) is 0 Å². The Balaban J connectivity index is 2.33. The molecule has 2 aromatic rings. The van der Waals surface area contributed by atoms with Crippen LogP contribution in [0, 0.1) is 5.92 Å². The Morgan fingerprint density at radius 2 is 1.52 bits per heavy atom. The standard InChI is InChI=1S/C31H42O2/c1-7-14-23-21-24(15-8-2)30(26-19-20-28(32-5)31(33-6)25(26)10-4)27(16-9-3)29(23)22-17-12-11-13-18-22/h11-13,17-21,24,30H,7-10,14-16H2,1-6H3. The maximum Gasteiger partial charge on any atom is 0.164 e. The highest BCUT2D eigenvalue weighted by atomic mass is 16.5. The predicted molar refractivity (Wildman–Crippen MR) is 141 cm³/mol. The van der Waals surface area contributed by atoms with Gasteiger partial charge in [0.15, 0.2) is 11.5 Å². The van der Waals surface area contributed by atoms with Crippen LogP contribution in [0.1, 0.15) is 88.8 Å². The van der Waals surface area contributed by atoms with Gasteiger partial charge in [-0.05, 0) is 59.9 Å². The van der Waals surface area contributed by atoms with E-state index < -0.39 is 0 Å². The lowest BCUT2D eigenvalue weighted by atomic mass is 9.67. The second kappa shape index (κ2) is 12.1. The molecular weight excluding hydrogens is 404 g/mol. The highest BCUT2D eigenvalue weighted by molar-refractivity contribution is 5.84. The summed E-state index contributed by atoms with van der Waals surface area (Å²) in [6.45, 7) is 9.16. The van der Waals surface area contributed by atoms with Gasteiger partial charge in [-0.2, -0.15) is 0 Å². The van der Waals surface area contributed by atoms with E-state index in [0.29, 0.717) is 11.8 Å². The Morgan fingerprint density at radius 3 is 2.09 bits per heavy atom. The summed E-state index contributed by atoms with van der Waals surface area (Å²) >= 11 is 0.